The molecular weight excluding hydrogens is 274 g/mol. The molecule has 1 amide bonds. The standard InChI is InChI=1S/C14H26F2N2O.C2H6/c1-5-17(10-14(4,15)16)13(19)12-6-8-18(9-7-12)11(2)3;1-2/h11-12H,5-10H2,1-4H3;1-2H3. The average Bonchev–Trinajstić information content (AvgIpc) is 2.45. The Labute approximate surface area is 128 Å². The summed E-state index contributed by atoms with van der Waals surface area (Å²) in [7, 11) is 0. The molecule has 0 aromatic carbocycles. The number of amides is 1. The predicted octanol–water partition coefficient (Wildman–Crippen LogP) is 3.64. The third-order valence-corrected chi connectivity index (χ3v) is 3.77. The van der Waals surface area contributed by atoms with Gasteiger partial charge in [-0.15, -0.1) is 0 Å². The van der Waals surface area contributed by atoms with E-state index in [4.69, 9.17) is 0 Å². The molecule has 0 aromatic rings. The summed E-state index contributed by atoms with van der Waals surface area (Å²) in [5.41, 5.74) is 0. The third kappa shape index (κ3) is 7.21. The van der Waals surface area contributed by atoms with Gasteiger partial charge in [0.2, 0.25) is 5.91 Å². The fourth-order valence-electron chi connectivity index (χ4n) is 2.60. The maximum atomic E-state index is 13.1. The molecule has 0 bridgehead atoms. The van der Waals surface area contributed by atoms with Gasteiger partial charge in [0.05, 0.1) is 6.54 Å². The third-order valence-electron chi connectivity index (χ3n) is 3.77. The first kappa shape index (κ1) is 20.3. The number of alkyl halides is 2. The monoisotopic (exact) mass is 306 g/mol. The number of rotatable bonds is 5. The lowest BCUT2D eigenvalue weighted by molar-refractivity contribution is -0.141. The van der Waals surface area contributed by atoms with Gasteiger partial charge in [0.25, 0.3) is 5.92 Å². The van der Waals surface area contributed by atoms with Crippen molar-refractivity contribution in [2.45, 2.75) is 66.3 Å². The van der Waals surface area contributed by atoms with Gasteiger partial charge in [-0.25, -0.2) is 8.78 Å². The number of likely N-dealkylation sites (tertiary alicyclic amines) is 1. The van der Waals surface area contributed by atoms with E-state index in [0.717, 1.165) is 32.9 Å². The Morgan fingerprint density at radius 3 is 2.10 bits per heavy atom. The summed E-state index contributed by atoms with van der Waals surface area (Å²) in [6.45, 7) is 12.6. The summed E-state index contributed by atoms with van der Waals surface area (Å²) in [5.74, 6) is -3.01. The highest BCUT2D eigenvalue weighted by molar-refractivity contribution is 5.79. The molecule has 0 aromatic heterocycles. The zero-order chi connectivity index (χ0) is 16.6. The second-order valence-electron chi connectivity index (χ2n) is 5.83. The van der Waals surface area contributed by atoms with Crippen molar-refractivity contribution in [3.05, 3.63) is 0 Å². The molecule has 0 saturated carbocycles. The van der Waals surface area contributed by atoms with E-state index in [9.17, 15) is 13.6 Å². The van der Waals surface area contributed by atoms with E-state index in [1.165, 1.54) is 4.90 Å². The van der Waals surface area contributed by atoms with Gasteiger partial charge < -0.3 is 9.80 Å². The molecule has 1 aliphatic rings. The first-order valence-electron chi connectivity index (χ1n) is 8.15. The van der Waals surface area contributed by atoms with Crippen LogP contribution in [0, 0.1) is 5.92 Å². The van der Waals surface area contributed by atoms with Crippen LogP contribution >= 0.6 is 0 Å². The van der Waals surface area contributed by atoms with Gasteiger partial charge in [-0.2, -0.15) is 0 Å². The second kappa shape index (κ2) is 9.34. The molecule has 0 radical (unpaired) electrons. The van der Waals surface area contributed by atoms with Gasteiger partial charge in [0, 0.05) is 25.4 Å². The second-order valence-corrected chi connectivity index (χ2v) is 5.83. The van der Waals surface area contributed by atoms with E-state index in [0.29, 0.717) is 12.6 Å². The van der Waals surface area contributed by atoms with Crippen LogP contribution in [0.15, 0.2) is 0 Å². The first-order chi connectivity index (χ1) is 9.74. The Bertz CT molecular complexity index is 295. The van der Waals surface area contributed by atoms with Crippen molar-refractivity contribution >= 4 is 5.91 Å². The number of hydrogen-bond acceptors (Lipinski definition) is 2. The Kier molecular flexibility index (Phi) is 9.02. The summed E-state index contributed by atoms with van der Waals surface area (Å²) >= 11 is 0. The van der Waals surface area contributed by atoms with Crippen LogP contribution in [0.25, 0.3) is 0 Å². The molecule has 0 spiro atoms. The molecule has 0 atom stereocenters. The maximum Gasteiger partial charge on any atom is 0.262 e. The zero-order valence-corrected chi connectivity index (χ0v) is 14.5. The molecule has 1 heterocycles. The summed E-state index contributed by atoms with van der Waals surface area (Å²) in [6, 6.07) is 0.485. The smallest absolute Gasteiger partial charge is 0.262 e. The van der Waals surface area contributed by atoms with Gasteiger partial charge in [0.15, 0.2) is 0 Å². The Morgan fingerprint density at radius 2 is 1.76 bits per heavy atom. The molecule has 5 heteroatoms. The molecule has 1 fully saturated rings. The lowest BCUT2D eigenvalue weighted by Gasteiger charge is -2.36. The van der Waals surface area contributed by atoms with Crippen molar-refractivity contribution in [3.63, 3.8) is 0 Å². The normalized spacial score (nSPS) is 17.4. The minimum Gasteiger partial charge on any atom is -0.337 e. The number of nitrogens with zero attached hydrogens (tertiary/aromatic N) is 2. The quantitative estimate of drug-likeness (QED) is 0.774. The van der Waals surface area contributed by atoms with Crippen molar-refractivity contribution in [3.8, 4) is 0 Å². The molecule has 3 nitrogen and oxygen atoms in total. The van der Waals surface area contributed by atoms with Crippen LogP contribution in [0.3, 0.4) is 0 Å². The van der Waals surface area contributed by atoms with Crippen molar-refractivity contribution in [2.75, 3.05) is 26.2 Å². The SMILES string of the molecule is CC.CCN(CC(C)(F)F)C(=O)C1CCN(C(C)C)CC1. The van der Waals surface area contributed by atoms with Crippen molar-refractivity contribution < 1.29 is 13.6 Å². The van der Waals surface area contributed by atoms with Gasteiger partial charge >= 0.3 is 0 Å². The molecule has 0 N–H and O–H groups in total. The molecule has 1 aliphatic heterocycles. The topological polar surface area (TPSA) is 23.6 Å². The van der Waals surface area contributed by atoms with Crippen LogP contribution in [0.4, 0.5) is 8.78 Å². The first-order valence-corrected chi connectivity index (χ1v) is 8.15. The average molecular weight is 306 g/mol. The van der Waals surface area contributed by atoms with E-state index in [-0.39, 0.29) is 11.8 Å². The van der Waals surface area contributed by atoms with Crippen LogP contribution in [0.1, 0.15) is 54.4 Å². The van der Waals surface area contributed by atoms with Gasteiger partial charge in [0.1, 0.15) is 0 Å². The number of hydrogen-bond donors (Lipinski definition) is 0. The summed E-state index contributed by atoms with van der Waals surface area (Å²) in [4.78, 5) is 15.9. The fourth-order valence-corrected chi connectivity index (χ4v) is 2.60. The van der Waals surface area contributed by atoms with Gasteiger partial charge in [-0.1, -0.05) is 13.8 Å². The number of carbonyl (C=O) groups is 1. The van der Waals surface area contributed by atoms with Gasteiger partial charge in [-0.05, 0) is 46.7 Å². The fraction of sp³-hybridized carbons (Fsp3) is 0.938. The van der Waals surface area contributed by atoms with Crippen LogP contribution in [0.2, 0.25) is 0 Å². The molecule has 126 valence electrons. The van der Waals surface area contributed by atoms with Crippen molar-refractivity contribution in [1.82, 2.24) is 9.80 Å². The van der Waals surface area contributed by atoms with E-state index in [1.54, 1.807) is 6.92 Å². The van der Waals surface area contributed by atoms with E-state index < -0.39 is 12.5 Å². The Hall–Kier alpha value is -0.710. The number of piperidine rings is 1. The summed E-state index contributed by atoms with van der Waals surface area (Å²) in [5, 5.41) is 0. The highest BCUT2D eigenvalue weighted by atomic mass is 19.3. The van der Waals surface area contributed by atoms with Crippen LogP contribution in [0.5, 0.6) is 0 Å². The lowest BCUT2D eigenvalue weighted by atomic mass is 9.94. The Balaban J connectivity index is 0.00000191. The zero-order valence-electron chi connectivity index (χ0n) is 14.5. The highest BCUT2D eigenvalue weighted by Gasteiger charge is 2.32. The molecule has 0 unspecified atom stereocenters. The Morgan fingerprint density at radius 1 is 1.29 bits per heavy atom. The largest absolute Gasteiger partial charge is 0.337 e. The maximum absolute atomic E-state index is 13.1. The minimum atomic E-state index is -2.82. The summed E-state index contributed by atoms with van der Waals surface area (Å²) in [6.07, 6.45) is 1.56. The molecular formula is C16H32F2N2O. The number of halogens is 2. The highest BCUT2D eigenvalue weighted by Crippen LogP contribution is 2.23. The van der Waals surface area contributed by atoms with E-state index in [1.807, 2.05) is 13.8 Å². The van der Waals surface area contributed by atoms with Crippen LogP contribution in [-0.4, -0.2) is 53.9 Å². The number of carbonyl (C=O) groups excluding carboxylic acids is 1. The van der Waals surface area contributed by atoms with Crippen molar-refractivity contribution in [2.24, 2.45) is 5.92 Å². The molecule has 0 aliphatic carbocycles. The molecule has 1 saturated heterocycles. The molecule has 21 heavy (non-hydrogen) atoms. The van der Waals surface area contributed by atoms with E-state index in [2.05, 4.69) is 18.7 Å². The predicted molar refractivity (Wildman–Crippen MR) is 83.7 cm³/mol. The van der Waals surface area contributed by atoms with Crippen LogP contribution in [-0.2, 0) is 4.79 Å². The molecule has 1 rings (SSSR count). The van der Waals surface area contributed by atoms with E-state index >= 15 is 0 Å². The minimum absolute atomic E-state index is 0.0858. The van der Waals surface area contributed by atoms with Gasteiger partial charge in [-0.3, -0.25) is 4.79 Å². The summed E-state index contributed by atoms with van der Waals surface area (Å²) < 4.78 is 26.1. The van der Waals surface area contributed by atoms with Crippen molar-refractivity contribution in [1.29, 1.82) is 0 Å². The lowest BCUT2D eigenvalue weighted by Crippen LogP contribution is -2.47. The van der Waals surface area contributed by atoms with Crippen LogP contribution < -0.4 is 0 Å².